The zero-order chi connectivity index (χ0) is 14.5. The molecule has 1 aromatic carbocycles. The standard InChI is InChI=1S/C14H17N3O3/c1-20-12-4-2-3-11(9-12)10-16-7-5-13(18)17(8-6-15)14(16)19/h2-5,7,9H,6,8,10,15H2,1H3. The Kier molecular flexibility index (Phi) is 4.37. The SMILES string of the molecule is COc1cccc(Cn2ccc(=O)n(CCN)c2=O)c1. The average molecular weight is 275 g/mol. The van der Waals surface area contributed by atoms with Gasteiger partial charge in [-0.2, -0.15) is 0 Å². The maximum absolute atomic E-state index is 12.2. The number of nitrogens with two attached hydrogens (primary N) is 1. The summed E-state index contributed by atoms with van der Waals surface area (Å²) in [6.45, 7) is 0.843. The number of nitrogens with zero attached hydrogens (tertiary/aromatic N) is 2. The second kappa shape index (κ2) is 6.21. The summed E-state index contributed by atoms with van der Waals surface area (Å²) in [7, 11) is 1.59. The highest BCUT2D eigenvalue weighted by Gasteiger charge is 2.05. The Balaban J connectivity index is 2.36. The van der Waals surface area contributed by atoms with Gasteiger partial charge in [0, 0.05) is 25.4 Å². The molecule has 6 nitrogen and oxygen atoms in total. The Bertz CT molecular complexity index is 703. The Morgan fingerprint density at radius 3 is 2.75 bits per heavy atom. The quantitative estimate of drug-likeness (QED) is 0.834. The predicted octanol–water partition coefficient (Wildman–Crippen LogP) is 0.0256. The number of aromatic nitrogens is 2. The van der Waals surface area contributed by atoms with E-state index in [0.29, 0.717) is 6.54 Å². The number of hydrogen-bond acceptors (Lipinski definition) is 4. The fraction of sp³-hybridized carbons (Fsp3) is 0.286. The number of ether oxygens (including phenoxy) is 1. The second-order valence-electron chi connectivity index (χ2n) is 4.36. The molecule has 0 unspecified atom stereocenters. The first-order valence-corrected chi connectivity index (χ1v) is 6.29. The molecule has 2 rings (SSSR count). The van der Waals surface area contributed by atoms with Gasteiger partial charge in [-0.05, 0) is 17.7 Å². The lowest BCUT2D eigenvalue weighted by Gasteiger charge is -2.10. The van der Waals surface area contributed by atoms with Crippen molar-refractivity contribution in [2.24, 2.45) is 5.73 Å². The summed E-state index contributed by atoms with van der Waals surface area (Å²) in [6.07, 6.45) is 1.50. The summed E-state index contributed by atoms with van der Waals surface area (Å²) in [4.78, 5) is 23.8. The molecule has 0 saturated carbocycles. The minimum Gasteiger partial charge on any atom is -0.497 e. The molecule has 2 N–H and O–H groups in total. The lowest BCUT2D eigenvalue weighted by molar-refractivity contribution is 0.414. The van der Waals surface area contributed by atoms with Crippen LogP contribution in [-0.4, -0.2) is 22.8 Å². The number of methoxy groups -OCH3 is 1. The predicted molar refractivity (Wildman–Crippen MR) is 76.1 cm³/mol. The third-order valence-corrected chi connectivity index (χ3v) is 2.98. The molecule has 0 atom stereocenters. The molecule has 0 fully saturated rings. The lowest BCUT2D eigenvalue weighted by atomic mass is 10.2. The van der Waals surface area contributed by atoms with Crippen molar-refractivity contribution in [3.05, 3.63) is 62.9 Å². The van der Waals surface area contributed by atoms with Crippen molar-refractivity contribution in [3.63, 3.8) is 0 Å². The first-order chi connectivity index (χ1) is 9.65. The van der Waals surface area contributed by atoms with Gasteiger partial charge in [-0.3, -0.25) is 13.9 Å². The van der Waals surface area contributed by atoms with Crippen LogP contribution in [0, 0.1) is 0 Å². The summed E-state index contributed by atoms with van der Waals surface area (Å²) >= 11 is 0. The van der Waals surface area contributed by atoms with Crippen LogP contribution < -0.4 is 21.7 Å². The van der Waals surface area contributed by atoms with Gasteiger partial charge in [-0.15, -0.1) is 0 Å². The average Bonchev–Trinajstić information content (AvgIpc) is 2.47. The largest absolute Gasteiger partial charge is 0.497 e. The van der Waals surface area contributed by atoms with E-state index in [2.05, 4.69) is 0 Å². The molecule has 0 aliphatic heterocycles. The summed E-state index contributed by atoms with van der Waals surface area (Å²) < 4.78 is 7.76. The van der Waals surface area contributed by atoms with E-state index in [1.807, 2.05) is 24.3 Å². The van der Waals surface area contributed by atoms with Gasteiger partial charge >= 0.3 is 5.69 Å². The smallest absolute Gasteiger partial charge is 0.331 e. The number of rotatable bonds is 5. The van der Waals surface area contributed by atoms with E-state index in [9.17, 15) is 9.59 Å². The van der Waals surface area contributed by atoms with Crippen LogP contribution in [0.1, 0.15) is 5.56 Å². The van der Waals surface area contributed by atoms with Crippen molar-refractivity contribution in [2.45, 2.75) is 13.1 Å². The zero-order valence-corrected chi connectivity index (χ0v) is 11.3. The van der Waals surface area contributed by atoms with Crippen LogP contribution in [0.15, 0.2) is 46.1 Å². The van der Waals surface area contributed by atoms with Gasteiger partial charge in [-0.25, -0.2) is 4.79 Å². The lowest BCUT2D eigenvalue weighted by Crippen LogP contribution is -2.40. The van der Waals surface area contributed by atoms with E-state index < -0.39 is 0 Å². The van der Waals surface area contributed by atoms with Crippen LogP contribution in [0.3, 0.4) is 0 Å². The molecule has 1 heterocycles. The van der Waals surface area contributed by atoms with E-state index >= 15 is 0 Å². The first kappa shape index (κ1) is 14.1. The van der Waals surface area contributed by atoms with Crippen molar-refractivity contribution in [2.75, 3.05) is 13.7 Å². The molecule has 0 bridgehead atoms. The van der Waals surface area contributed by atoms with Crippen molar-refractivity contribution in [3.8, 4) is 5.75 Å². The summed E-state index contributed by atoms with van der Waals surface area (Å²) in [5.41, 5.74) is 5.65. The van der Waals surface area contributed by atoms with E-state index in [-0.39, 0.29) is 24.3 Å². The van der Waals surface area contributed by atoms with Gasteiger partial charge in [0.15, 0.2) is 0 Å². The molecule has 2 aromatic rings. The molecule has 0 spiro atoms. The minimum absolute atomic E-state index is 0.219. The van der Waals surface area contributed by atoms with Gasteiger partial charge in [0.25, 0.3) is 5.56 Å². The number of hydrogen-bond donors (Lipinski definition) is 1. The van der Waals surface area contributed by atoms with E-state index in [1.54, 1.807) is 7.11 Å². The topological polar surface area (TPSA) is 79.2 Å². The highest BCUT2D eigenvalue weighted by molar-refractivity contribution is 5.28. The van der Waals surface area contributed by atoms with E-state index in [4.69, 9.17) is 10.5 Å². The molecule has 0 saturated heterocycles. The van der Waals surface area contributed by atoms with Crippen LogP contribution in [0.4, 0.5) is 0 Å². The third-order valence-electron chi connectivity index (χ3n) is 2.98. The van der Waals surface area contributed by atoms with Crippen LogP contribution in [0.2, 0.25) is 0 Å². The molecule has 0 aliphatic rings. The molecule has 0 amide bonds. The van der Waals surface area contributed by atoms with Gasteiger partial charge < -0.3 is 10.5 Å². The minimum atomic E-state index is -0.356. The van der Waals surface area contributed by atoms with Crippen molar-refractivity contribution in [1.82, 2.24) is 9.13 Å². The fourth-order valence-corrected chi connectivity index (χ4v) is 1.98. The first-order valence-electron chi connectivity index (χ1n) is 6.29. The molecule has 0 aliphatic carbocycles. The zero-order valence-electron chi connectivity index (χ0n) is 11.3. The summed E-state index contributed by atoms with van der Waals surface area (Å²) in [6, 6.07) is 8.81. The normalized spacial score (nSPS) is 10.5. The van der Waals surface area contributed by atoms with Crippen molar-refractivity contribution < 1.29 is 4.74 Å². The van der Waals surface area contributed by atoms with Crippen LogP contribution >= 0.6 is 0 Å². The number of benzene rings is 1. The van der Waals surface area contributed by atoms with Crippen molar-refractivity contribution >= 4 is 0 Å². The van der Waals surface area contributed by atoms with Gasteiger partial charge in [-0.1, -0.05) is 12.1 Å². The van der Waals surface area contributed by atoms with Crippen LogP contribution in [-0.2, 0) is 13.1 Å². The maximum Gasteiger partial charge on any atom is 0.331 e. The molecule has 20 heavy (non-hydrogen) atoms. The monoisotopic (exact) mass is 275 g/mol. The van der Waals surface area contributed by atoms with E-state index in [0.717, 1.165) is 15.9 Å². The van der Waals surface area contributed by atoms with E-state index in [1.165, 1.54) is 16.8 Å². The van der Waals surface area contributed by atoms with Crippen molar-refractivity contribution in [1.29, 1.82) is 0 Å². The molecular weight excluding hydrogens is 258 g/mol. The highest BCUT2D eigenvalue weighted by Crippen LogP contribution is 2.12. The Hall–Kier alpha value is -2.34. The fourth-order valence-electron chi connectivity index (χ4n) is 1.98. The Morgan fingerprint density at radius 1 is 1.25 bits per heavy atom. The third kappa shape index (κ3) is 2.97. The van der Waals surface area contributed by atoms with Gasteiger partial charge in [0.05, 0.1) is 13.7 Å². The van der Waals surface area contributed by atoms with Crippen LogP contribution in [0.25, 0.3) is 0 Å². The molecule has 106 valence electrons. The molecule has 1 aromatic heterocycles. The summed E-state index contributed by atoms with van der Waals surface area (Å²) in [5, 5.41) is 0. The van der Waals surface area contributed by atoms with Gasteiger partial charge in [0.1, 0.15) is 5.75 Å². The highest BCUT2D eigenvalue weighted by atomic mass is 16.5. The molecular formula is C14H17N3O3. The molecule has 6 heteroatoms. The van der Waals surface area contributed by atoms with Gasteiger partial charge in [0.2, 0.25) is 0 Å². The maximum atomic E-state index is 12.2. The summed E-state index contributed by atoms with van der Waals surface area (Å²) in [5.74, 6) is 0.728. The molecule has 0 radical (unpaired) electrons. The van der Waals surface area contributed by atoms with Crippen LogP contribution in [0.5, 0.6) is 5.75 Å². The second-order valence-corrected chi connectivity index (χ2v) is 4.36. The Morgan fingerprint density at radius 2 is 2.05 bits per heavy atom. The Labute approximate surface area is 116 Å².